The van der Waals surface area contributed by atoms with Crippen LogP contribution in [0, 0.1) is 27.4 Å². The van der Waals surface area contributed by atoms with Gasteiger partial charge in [0.25, 0.3) is 5.91 Å². The van der Waals surface area contributed by atoms with Crippen LogP contribution >= 0.6 is 0 Å². The topological polar surface area (TPSA) is 107 Å². The highest BCUT2D eigenvalue weighted by atomic mass is 16.6. The quantitative estimate of drug-likeness (QED) is 0.639. The number of nitro benzene ring substituents is 1. The number of nitrogens with zero attached hydrogens (tertiary/aromatic N) is 3. The molecule has 7 heteroatoms. The monoisotopic (exact) mass is 291 g/mol. The molecule has 21 heavy (non-hydrogen) atoms. The molecule has 0 aliphatic heterocycles. The lowest BCUT2D eigenvalue weighted by molar-refractivity contribution is -0.385. The average molecular weight is 291 g/mol. The van der Waals surface area contributed by atoms with Gasteiger partial charge in [0.2, 0.25) is 5.75 Å². The molecule has 7 nitrogen and oxygen atoms in total. The number of amides is 1. The second kappa shape index (κ2) is 7.24. The van der Waals surface area contributed by atoms with Gasteiger partial charge < -0.3 is 10.0 Å². The van der Waals surface area contributed by atoms with Crippen molar-refractivity contribution in [3.63, 3.8) is 0 Å². The van der Waals surface area contributed by atoms with Crippen LogP contribution in [0.2, 0.25) is 0 Å². The van der Waals surface area contributed by atoms with Crippen LogP contribution in [0.25, 0.3) is 0 Å². The van der Waals surface area contributed by atoms with Crippen LogP contribution in [-0.2, 0) is 0 Å². The second-order valence-electron chi connectivity index (χ2n) is 4.98. The summed E-state index contributed by atoms with van der Waals surface area (Å²) in [4.78, 5) is 23.9. The van der Waals surface area contributed by atoms with Crippen molar-refractivity contribution in [3.8, 4) is 11.8 Å². The number of rotatable bonds is 6. The smallest absolute Gasteiger partial charge is 0.311 e. The minimum absolute atomic E-state index is 0.122. The molecule has 0 aromatic heterocycles. The fourth-order valence-electron chi connectivity index (χ4n) is 1.92. The van der Waals surface area contributed by atoms with E-state index in [-0.39, 0.29) is 24.4 Å². The number of nitro groups is 1. The van der Waals surface area contributed by atoms with Gasteiger partial charge in [0.1, 0.15) is 0 Å². The minimum atomic E-state index is -0.742. The summed E-state index contributed by atoms with van der Waals surface area (Å²) in [6.07, 6.45) is 0.161. The zero-order valence-corrected chi connectivity index (χ0v) is 11.9. The number of benzene rings is 1. The fourth-order valence-corrected chi connectivity index (χ4v) is 1.92. The van der Waals surface area contributed by atoms with Crippen molar-refractivity contribution in [2.75, 3.05) is 13.1 Å². The predicted molar refractivity (Wildman–Crippen MR) is 75.7 cm³/mol. The maximum Gasteiger partial charge on any atom is 0.311 e. The molecule has 0 saturated heterocycles. The van der Waals surface area contributed by atoms with Gasteiger partial charge in [-0.3, -0.25) is 14.9 Å². The van der Waals surface area contributed by atoms with Crippen molar-refractivity contribution in [1.82, 2.24) is 4.90 Å². The molecule has 0 saturated carbocycles. The first-order valence-corrected chi connectivity index (χ1v) is 6.51. The SMILES string of the molecule is CC(C)CN(CCC#N)C(=O)c1cccc([N+](=O)[O-])c1O. The van der Waals surface area contributed by atoms with Crippen molar-refractivity contribution < 1.29 is 14.8 Å². The van der Waals surface area contributed by atoms with E-state index in [0.29, 0.717) is 6.54 Å². The Kier molecular flexibility index (Phi) is 5.67. The standard InChI is InChI=1S/C14H17N3O4/c1-10(2)9-16(8-4-7-15)14(19)11-5-3-6-12(13(11)18)17(20)21/h3,5-6,10,18H,4,8-9H2,1-2H3. The van der Waals surface area contributed by atoms with E-state index in [4.69, 9.17) is 5.26 Å². The van der Waals surface area contributed by atoms with E-state index in [1.807, 2.05) is 19.9 Å². The van der Waals surface area contributed by atoms with Crippen LogP contribution in [0.4, 0.5) is 5.69 Å². The third kappa shape index (κ3) is 4.18. The van der Waals surface area contributed by atoms with Crippen molar-refractivity contribution in [2.24, 2.45) is 5.92 Å². The van der Waals surface area contributed by atoms with Gasteiger partial charge >= 0.3 is 5.69 Å². The summed E-state index contributed by atoms with van der Waals surface area (Å²) < 4.78 is 0. The number of hydrogen-bond donors (Lipinski definition) is 1. The van der Waals surface area contributed by atoms with Crippen molar-refractivity contribution in [2.45, 2.75) is 20.3 Å². The Labute approximate surface area is 122 Å². The summed E-state index contributed by atoms with van der Waals surface area (Å²) in [5.41, 5.74) is -0.631. The Hall–Kier alpha value is -2.62. The first kappa shape index (κ1) is 16.4. The number of carbonyl (C=O) groups is 1. The maximum atomic E-state index is 12.4. The van der Waals surface area contributed by atoms with Crippen LogP contribution < -0.4 is 0 Å². The van der Waals surface area contributed by atoms with Crippen LogP contribution in [0.5, 0.6) is 5.75 Å². The zero-order chi connectivity index (χ0) is 16.0. The number of nitriles is 1. The molecule has 112 valence electrons. The molecule has 0 radical (unpaired) electrons. The lowest BCUT2D eigenvalue weighted by atomic mass is 10.1. The molecule has 1 aromatic carbocycles. The highest BCUT2D eigenvalue weighted by Crippen LogP contribution is 2.30. The molecule has 0 bridgehead atoms. The Balaban J connectivity index is 3.11. The number of aromatic hydroxyl groups is 1. The van der Waals surface area contributed by atoms with E-state index in [2.05, 4.69) is 0 Å². The molecule has 0 unspecified atom stereocenters. The van der Waals surface area contributed by atoms with Gasteiger partial charge in [-0.25, -0.2) is 0 Å². The van der Waals surface area contributed by atoms with Crippen LogP contribution in [-0.4, -0.2) is 33.9 Å². The van der Waals surface area contributed by atoms with Gasteiger partial charge in [-0.15, -0.1) is 0 Å². The van der Waals surface area contributed by atoms with E-state index in [1.165, 1.54) is 17.0 Å². The van der Waals surface area contributed by atoms with Crippen molar-refractivity contribution in [3.05, 3.63) is 33.9 Å². The molecule has 0 aliphatic rings. The molecule has 0 heterocycles. The van der Waals surface area contributed by atoms with Crippen LogP contribution in [0.1, 0.15) is 30.6 Å². The molecule has 1 aromatic rings. The molecule has 0 spiro atoms. The number of phenols is 1. The summed E-state index contributed by atoms with van der Waals surface area (Å²) in [7, 11) is 0. The van der Waals surface area contributed by atoms with Crippen LogP contribution in [0.3, 0.4) is 0 Å². The summed E-state index contributed by atoms with van der Waals surface area (Å²) in [6.45, 7) is 4.46. The molecule has 1 rings (SSSR count). The highest BCUT2D eigenvalue weighted by molar-refractivity contribution is 5.98. The Morgan fingerprint density at radius 2 is 2.19 bits per heavy atom. The summed E-state index contributed by atoms with van der Waals surface area (Å²) in [5, 5.41) is 29.3. The van der Waals surface area contributed by atoms with Crippen molar-refractivity contribution in [1.29, 1.82) is 5.26 Å². The van der Waals surface area contributed by atoms with Gasteiger partial charge in [0.05, 0.1) is 23.0 Å². The first-order valence-electron chi connectivity index (χ1n) is 6.51. The van der Waals surface area contributed by atoms with E-state index in [0.717, 1.165) is 6.07 Å². The Morgan fingerprint density at radius 3 is 2.71 bits per heavy atom. The second-order valence-corrected chi connectivity index (χ2v) is 4.98. The minimum Gasteiger partial charge on any atom is -0.502 e. The Bertz CT molecular complexity index is 578. The molecule has 0 atom stereocenters. The van der Waals surface area contributed by atoms with E-state index < -0.39 is 22.3 Å². The number of para-hydroxylation sites is 1. The summed E-state index contributed by atoms with van der Waals surface area (Å²) in [6, 6.07) is 5.78. The normalized spacial score (nSPS) is 10.2. The molecule has 0 fully saturated rings. The summed E-state index contributed by atoms with van der Waals surface area (Å²) in [5.74, 6) is -0.980. The summed E-state index contributed by atoms with van der Waals surface area (Å²) >= 11 is 0. The fraction of sp³-hybridized carbons (Fsp3) is 0.429. The zero-order valence-electron chi connectivity index (χ0n) is 11.9. The highest BCUT2D eigenvalue weighted by Gasteiger charge is 2.24. The molecule has 1 N–H and O–H groups in total. The van der Waals surface area contributed by atoms with Crippen molar-refractivity contribution >= 4 is 11.6 Å². The van der Waals surface area contributed by atoms with Crippen LogP contribution in [0.15, 0.2) is 18.2 Å². The lowest BCUT2D eigenvalue weighted by Gasteiger charge is -2.23. The predicted octanol–water partition coefficient (Wildman–Crippen LogP) is 2.31. The lowest BCUT2D eigenvalue weighted by Crippen LogP contribution is -2.35. The van der Waals surface area contributed by atoms with Gasteiger partial charge in [-0.1, -0.05) is 19.9 Å². The molecular formula is C14H17N3O4. The average Bonchev–Trinajstić information content (AvgIpc) is 2.42. The number of phenolic OH excluding ortho intramolecular Hbond substituents is 1. The number of carbonyl (C=O) groups excluding carboxylic acids is 1. The maximum absolute atomic E-state index is 12.4. The van der Waals surface area contributed by atoms with Gasteiger partial charge in [-0.2, -0.15) is 5.26 Å². The molecule has 0 aliphatic carbocycles. The number of hydrogen-bond acceptors (Lipinski definition) is 5. The third-order valence-electron chi connectivity index (χ3n) is 2.81. The first-order chi connectivity index (χ1) is 9.88. The van der Waals surface area contributed by atoms with E-state index in [1.54, 1.807) is 0 Å². The largest absolute Gasteiger partial charge is 0.502 e. The molecule has 1 amide bonds. The van der Waals surface area contributed by atoms with Gasteiger partial charge in [0.15, 0.2) is 0 Å². The van der Waals surface area contributed by atoms with E-state index in [9.17, 15) is 20.0 Å². The van der Waals surface area contributed by atoms with Gasteiger partial charge in [-0.05, 0) is 12.0 Å². The molecular weight excluding hydrogens is 274 g/mol. The Morgan fingerprint density at radius 1 is 1.52 bits per heavy atom. The van der Waals surface area contributed by atoms with Gasteiger partial charge in [0, 0.05) is 19.2 Å². The third-order valence-corrected chi connectivity index (χ3v) is 2.81. The van der Waals surface area contributed by atoms with E-state index >= 15 is 0 Å².